The van der Waals surface area contributed by atoms with Gasteiger partial charge < -0.3 is 11.5 Å². The van der Waals surface area contributed by atoms with Crippen molar-refractivity contribution < 1.29 is 17.6 Å². The van der Waals surface area contributed by atoms with E-state index in [1.54, 1.807) is 25.1 Å². The van der Waals surface area contributed by atoms with E-state index in [9.17, 15) is 17.6 Å². The average molecular weight is 381 g/mol. The Morgan fingerprint density at radius 1 is 1.16 bits per heavy atom. The molecule has 1 amide bonds. The van der Waals surface area contributed by atoms with Crippen molar-refractivity contribution in [3.05, 3.63) is 53.3 Å². The van der Waals surface area contributed by atoms with Gasteiger partial charge in [0, 0.05) is 21.6 Å². The Kier molecular flexibility index (Phi) is 5.48. The van der Waals surface area contributed by atoms with Crippen molar-refractivity contribution in [3.8, 4) is 0 Å². The zero-order valence-corrected chi connectivity index (χ0v) is 15.1. The van der Waals surface area contributed by atoms with Crippen molar-refractivity contribution >= 4 is 33.5 Å². The number of sulfone groups is 1. The zero-order valence-electron chi connectivity index (χ0n) is 13.5. The van der Waals surface area contributed by atoms with E-state index in [1.807, 2.05) is 0 Å². The molecule has 0 aliphatic heterocycles. The molecule has 2 aromatic carbocycles. The molecule has 0 saturated carbocycles. The maximum atomic E-state index is 13.0. The molecule has 25 heavy (non-hydrogen) atoms. The van der Waals surface area contributed by atoms with Gasteiger partial charge in [0.25, 0.3) is 5.91 Å². The minimum atomic E-state index is -3.62. The minimum absolute atomic E-state index is 0.0263. The molecule has 0 unspecified atom stereocenters. The van der Waals surface area contributed by atoms with Crippen molar-refractivity contribution in [2.75, 3.05) is 6.26 Å². The molecular formula is C16H16FN3O3S2. The first-order valence-electron chi connectivity index (χ1n) is 7.00. The van der Waals surface area contributed by atoms with Gasteiger partial charge in [0.05, 0.1) is 4.90 Å². The Labute approximate surface area is 149 Å². The van der Waals surface area contributed by atoms with Gasteiger partial charge in [-0.2, -0.15) is 4.99 Å². The monoisotopic (exact) mass is 381 g/mol. The number of hydrogen-bond acceptors (Lipinski definition) is 4. The van der Waals surface area contributed by atoms with E-state index in [0.29, 0.717) is 15.4 Å². The Balaban J connectivity index is 2.57. The fourth-order valence-corrected chi connectivity index (χ4v) is 4.33. The van der Waals surface area contributed by atoms with Crippen LogP contribution in [0.5, 0.6) is 0 Å². The van der Waals surface area contributed by atoms with Gasteiger partial charge in [-0.1, -0.05) is 11.8 Å². The summed E-state index contributed by atoms with van der Waals surface area (Å²) in [6.07, 6.45) is 1.04. The Morgan fingerprint density at radius 3 is 2.28 bits per heavy atom. The quantitative estimate of drug-likeness (QED) is 0.619. The maximum absolute atomic E-state index is 13.0. The molecule has 9 heteroatoms. The molecule has 0 atom stereocenters. The van der Waals surface area contributed by atoms with Crippen LogP contribution in [0, 0.1) is 12.7 Å². The van der Waals surface area contributed by atoms with Crippen molar-refractivity contribution in [1.29, 1.82) is 0 Å². The summed E-state index contributed by atoms with van der Waals surface area (Å²) in [5, 5.41) is 0. The number of rotatable bonds is 4. The van der Waals surface area contributed by atoms with Gasteiger partial charge in [-0.05, 0) is 48.9 Å². The lowest BCUT2D eigenvalue weighted by molar-refractivity contribution is 0.100. The number of guanidine groups is 1. The van der Waals surface area contributed by atoms with Crippen LogP contribution in [0.15, 0.2) is 56.1 Å². The fourth-order valence-electron chi connectivity index (χ4n) is 2.07. The van der Waals surface area contributed by atoms with Gasteiger partial charge in [0.1, 0.15) is 5.82 Å². The molecule has 4 N–H and O–H groups in total. The second-order valence-corrected chi connectivity index (χ2v) is 8.38. The summed E-state index contributed by atoms with van der Waals surface area (Å²) in [4.78, 5) is 16.6. The molecule has 0 aliphatic rings. The first-order chi connectivity index (χ1) is 11.6. The smallest absolute Gasteiger partial charge is 0.280 e. The molecule has 0 aromatic heterocycles. The first kappa shape index (κ1) is 18.9. The molecule has 0 heterocycles. The topological polar surface area (TPSA) is 116 Å². The molecular weight excluding hydrogens is 365 g/mol. The molecule has 0 aliphatic carbocycles. The van der Waals surface area contributed by atoms with Crippen LogP contribution in [0.2, 0.25) is 0 Å². The predicted octanol–water partition coefficient (Wildman–Crippen LogP) is 2.10. The highest BCUT2D eigenvalue weighted by atomic mass is 32.2. The van der Waals surface area contributed by atoms with Crippen LogP contribution in [0.3, 0.4) is 0 Å². The normalized spacial score (nSPS) is 11.2. The average Bonchev–Trinajstić information content (AvgIpc) is 2.47. The number of benzene rings is 2. The van der Waals surface area contributed by atoms with Gasteiger partial charge in [0.2, 0.25) is 0 Å². The molecule has 0 saturated heterocycles. The highest BCUT2D eigenvalue weighted by Gasteiger charge is 2.20. The number of amides is 1. The molecule has 0 bridgehead atoms. The summed E-state index contributed by atoms with van der Waals surface area (Å²) in [5.41, 5.74) is 11.0. The lowest BCUT2D eigenvalue weighted by atomic mass is 10.1. The number of aliphatic imine (C=N–C) groups is 1. The molecule has 6 nitrogen and oxygen atoms in total. The van der Waals surface area contributed by atoms with Crippen molar-refractivity contribution in [2.24, 2.45) is 16.5 Å². The predicted molar refractivity (Wildman–Crippen MR) is 95.0 cm³/mol. The SMILES string of the molecule is Cc1cc(Sc2ccc(F)cc2)c(S(C)(=O)=O)cc1C(=O)N=C(N)N. The van der Waals surface area contributed by atoms with Crippen LogP contribution >= 0.6 is 11.8 Å². The summed E-state index contributed by atoms with van der Waals surface area (Å²) in [6, 6.07) is 8.47. The summed E-state index contributed by atoms with van der Waals surface area (Å²) >= 11 is 1.16. The third-order valence-electron chi connectivity index (χ3n) is 3.19. The number of hydrogen-bond donors (Lipinski definition) is 2. The standard InChI is InChI=1S/C16H16FN3O3S2/c1-9-7-13(24-11-5-3-10(17)4-6-11)14(25(2,22)23)8-12(9)15(21)20-16(18)19/h3-8H,1-2H3,(H4,18,19,20,21). The highest BCUT2D eigenvalue weighted by Crippen LogP contribution is 2.35. The van der Waals surface area contributed by atoms with Gasteiger partial charge in [-0.15, -0.1) is 0 Å². The maximum Gasteiger partial charge on any atom is 0.280 e. The van der Waals surface area contributed by atoms with E-state index in [4.69, 9.17) is 11.5 Å². The number of aryl methyl sites for hydroxylation is 1. The van der Waals surface area contributed by atoms with E-state index in [-0.39, 0.29) is 16.3 Å². The van der Waals surface area contributed by atoms with E-state index in [0.717, 1.165) is 18.0 Å². The highest BCUT2D eigenvalue weighted by molar-refractivity contribution is 8.00. The minimum Gasteiger partial charge on any atom is -0.370 e. The Morgan fingerprint density at radius 2 is 1.76 bits per heavy atom. The van der Waals surface area contributed by atoms with E-state index in [2.05, 4.69) is 4.99 Å². The van der Waals surface area contributed by atoms with E-state index >= 15 is 0 Å². The molecule has 2 rings (SSSR count). The number of nitrogens with two attached hydrogens (primary N) is 2. The molecule has 132 valence electrons. The lowest BCUT2D eigenvalue weighted by Gasteiger charge is -2.12. The first-order valence-corrected chi connectivity index (χ1v) is 9.71. The number of halogens is 1. The number of carbonyl (C=O) groups excluding carboxylic acids is 1. The van der Waals surface area contributed by atoms with Crippen molar-refractivity contribution in [2.45, 2.75) is 21.6 Å². The summed E-state index contributed by atoms with van der Waals surface area (Å²) in [6.45, 7) is 1.65. The van der Waals surface area contributed by atoms with Gasteiger partial charge in [-0.25, -0.2) is 12.8 Å². The Hall–Kier alpha value is -2.39. The second kappa shape index (κ2) is 7.24. The summed E-state index contributed by atoms with van der Waals surface area (Å²) < 4.78 is 37.3. The Bertz CT molecular complexity index is 951. The van der Waals surface area contributed by atoms with Crippen LogP contribution in [-0.2, 0) is 9.84 Å². The number of carbonyl (C=O) groups is 1. The van der Waals surface area contributed by atoms with Crippen LogP contribution in [-0.4, -0.2) is 26.5 Å². The number of nitrogens with zero attached hydrogens (tertiary/aromatic N) is 1. The molecule has 2 aromatic rings. The third kappa shape index (κ3) is 4.80. The molecule has 0 radical (unpaired) electrons. The van der Waals surface area contributed by atoms with Gasteiger partial charge in [0.15, 0.2) is 15.8 Å². The zero-order chi connectivity index (χ0) is 18.8. The van der Waals surface area contributed by atoms with Gasteiger partial charge in [-0.3, -0.25) is 4.79 Å². The van der Waals surface area contributed by atoms with Gasteiger partial charge >= 0.3 is 0 Å². The molecule has 0 fully saturated rings. The fraction of sp³-hybridized carbons (Fsp3) is 0.125. The summed E-state index contributed by atoms with van der Waals surface area (Å²) in [5.74, 6) is -1.52. The van der Waals surface area contributed by atoms with Crippen LogP contribution in [0.4, 0.5) is 4.39 Å². The van der Waals surface area contributed by atoms with Crippen LogP contribution < -0.4 is 11.5 Å². The van der Waals surface area contributed by atoms with Crippen LogP contribution in [0.1, 0.15) is 15.9 Å². The lowest BCUT2D eigenvalue weighted by Crippen LogP contribution is -2.24. The van der Waals surface area contributed by atoms with E-state index < -0.39 is 21.7 Å². The summed E-state index contributed by atoms with van der Waals surface area (Å²) in [7, 11) is -3.62. The largest absolute Gasteiger partial charge is 0.370 e. The van der Waals surface area contributed by atoms with E-state index in [1.165, 1.54) is 18.2 Å². The van der Waals surface area contributed by atoms with Crippen molar-refractivity contribution in [1.82, 2.24) is 0 Å². The third-order valence-corrected chi connectivity index (χ3v) is 5.52. The van der Waals surface area contributed by atoms with Crippen molar-refractivity contribution in [3.63, 3.8) is 0 Å². The van der Waals surface area contributed by atoms with Crippen LogP contribution in [0.25, 0.3) is 0 Å². The second-order valence-electron chi connectivity index (χ2n) is 5.28. The molecule has 0 spiro atoms.